The molecule has 2 heterocycles. The zero-order chi connectivity index (χ0) is 12.1. The van der Waals surface area contributed by atoms with Crippen molar-refractivity contribution in [1.29, 1.82) is 0 Å². The lowest BCUT2D eigenvalue weighted by molar-refractivity contribution is 0.0387. The standard InChI is InChI=1S/C12H17N3O2/c13-5-3-11-4-7-17-12(16)15(11)9-10-2-1-6-14-8-10/h1-2,6,8,11H,3-5,7,9,13H2. The van der Waals surface area contributed by atoms with Crippen LogP contribution in [0.5, 0.6) is 0 Å². The van der Waals surface area contributed by atoms with Gasteiger partial charge in [0.2, 0.25) is 0 Å². The molecule has 92 valence electrons. The number of nitrogens with two attached hydrogens (primary N) is 1. The fraction of sp³-hybridized carbons (Fsp3) is 0.500. The molecular formula is C12H17N3O2. The van der Waals surface area contributed by atoms with E-state index in [1.807, 2.05) is 12.1 Å². The van der Waals surface area contributed by atoms with E-state index in [2.05, 4.69) is 4.98 Å². The summed E-state index contributed by atoms with van der Waals surface area (Å²) in [6.07, 6.45) is 4.90. The number of nitrogens with zero attached hydrogens (tertiary/aromatic N) is 2. The van der Waals surface area contributed by atoms with Crippen molar-refractivity contribution in [1.82, 2.24) is 9.88 Å². The Hall–Kier alpha value is -1.62. The van der Waals surface area contributed by atoms with Gasteiger partial charge in [-0.15, -0.1) is 0 Å². The molecule has 1 saturated heterocycles. The third-order valence-corrected chi connectivity index (χ3v) is 2.93. The molecule has 0 bridgehead atoms. The van der Waals surface area contributed by atoms with Crippen LogP contribution in [0.25, 0.3) is 0 Å². The van der Waals surface area contributed by atoms with Gasteiger partial charge < -0.3 is 15.4 Å². The summed E-state index contributed by atoms with van der Waals surface area (Å²) in [6.45, 7) is 1.62. The second-order valence-corrected chi connectivity index (χ2v) is 4.12. The minimum Gasteiger partial charge on any atom is -0.449 e. The molecule has 0 spiro atoms. The molecule has 1 unspecified atom stereocenters. The quantitative estimate of drug-likeness (QED) is 0.849. The molecule has 1 aliphatic rings. The first kappa shape index (κ1) is 11.9. The predicted octanol–water partition coefficient (Wildman–Crippen LogP) is 1.14. The van der Waals surface area contributed by atoms with Crippen molar-refractivity contribution in [3.63, 3.8) is 0 Å². The Labute approximate surface area is 101 Å². The summed E-state index contributed by atoms with van der Waals surface area (Å²) in [7, 11) is 0. The molecule has 0 aliphatic carbocycles. The van der Waals surface area contributed by atoms with E-state index in [9.17, 15) is 4.79 Å². The van der Waals surface area contributed by atoms with Crippen molar-refractivity contribution < 1.29 is 9.53 Å². The highest BCUT2D eigenvalue weighted by molar-refractivity contribution is 5.68. The van der Waals surface area contributed by atoms with E-state index < -0.39 is 0 Å². The van der Waals surface area contributed by atoms with E-state index in [4.69, 9.17) is 10.5 Å². The van der Waals surface area contributed by atoms with Crippen LogP contribution in [0.4, 0.5) is 4.79 Å². The zero-order valence-electron chi connectivity index (χ0n) is 9.71. The first-order valence-electron chi connectivity index (χ1n) is 5.83. The van der Waals surface area contributed by atoms with E-state index in [-0.39, 0.29) is 12.1 Å². The summed E-state index contributed by atoms with van der Waals surface area (Å²) in [5.41, 5.74) is 6.58. The van der Waals surface area contributed by atoms with Crippen LogP contribution in [0.1, 0.15) is 18.4 Å². The third kappa shape index (κ3) is 2.94. The summed E-state index contributed by atoms with van der Waals surface area (Å²) in [5, 5.41) is 0. The number of amides is 1. The van der Waals surface area contributed by atoms with Crippen LogP contribution in [-0.4, -0.2) is 35.2 Å². The number of carbonyl (C=O) groups is 1. The Morgan fingerprint density at radius 3 is 3.18 bits per heavy atom. The Bertz CT molecular complexity index is 367. The molecule has 1 atom stereocenters. The van der Waals surface area contributed by atoms with Crippen LogP contribution >= 0.6 is 0 Å². The molecule has 1 fully saturated rings. The number of rotatable bonds is 4. The van der Waals surface area contributed by atoms with Gasteiger partial charge in [0.15, 0.2) is 0 Å². The van der Waals surface area contributed by atoms with Crippen LogP contribution in [0.2, 0.25) is 0 Å². The molecule has 5 nitrogen and oxygen atoms in total. The molecule has 1 aliphatic heterocycles. The lowest BCUT2D eigenvalue weighted by Gasteiger charge is -2.34. The lowest BCUT2D eigenvalue weighted by atomic mass is 10.1. The van der Waals surface area contributed by atoms with Crippen LogP contribution in [-0.2, 0) is 11.3 Å². The smallest absolute Gasteiger partial charge is 0.410 e. The largest absolute Gasteiger partial charge is 0.449 e. The van der Waals surface area contributed by atoms with Gasteiger partial charge in [-0.25, -0.2) is 4.79 Å². The number of aromatic nitrogens is 1. The Morgan fingerprint density at radius 2 is 2.47 bits per heavy atom. The molecule has 2 rings (SSSR count). The highest BCUT2D eigenvalue weighted by Crippen LogP contribution is 2.18. The van der Waals surface area contributed by atoms with Crippen LogP contribution in [0.3, 0.4) is 0 Å². The fourth-order valence-corrected chi connectivity index (χ4v) is 2.04. The van der Waals surface area contributed by atoms with Crippen LogP contribution < -0.4 is 5.73 Å². The Morgan fingerprint density at radius 1 is 1.59 bits per heavy atom. The number of hydrogen-bond donors (Lipinski definition) is 1. The van der Waals surface area contributed by atoms with Crippen molar-refractivity contribution in [3.05, 3.63) is 30.1 Å². The number of cyclic esters (lactones) is 1. The van der Waals surface area contributed by atoms with Crippen molar-refractivity contribution >= 4 is 6.09 Å². The molecule has 0 aromatic carbocycles. The first-order valence-corrected chi connectivity index (χ1v) is 5.83. The van der Waals surface area contributed by atoms with Crippen molar-refractivity contribution in [3.8, 4) is 0 Å². The van der Waals surface area contributed by atoms with E-state index in [1.54, 1.807) is 17.3 Å². The van der Waals surface area contributed by atoms with Crippen molar-refractivity contribution in [2.75, 3.05) is 13.2 Å². The lowest BCUT2D eigenvalue weighted by Crippen LogP contribution is -2.45. The molecule has 1 aromatic rings. The molecule has 0 saturated carbocycles. The maximum Gasteiger partial charge on any atom is 0.410 e. The summed E-state index contributed by atoms with van der Waals surface area (Å²) >= 11 is 0. The molecule has 1 aromatic heterocycles. The highest BCUT2D eigenvalue weighted by atomic mass is 16.6. The fourth-order valence-electron chi connectivity index (χ4n) is 2.04. The molecule has 0 radical (unpaired) electrons. The normalized spacial score (nSPS) is 20.2. The van der Waals surface area contributed by atoms with Crippen molar-refractivity contribution in [2.45, 2.75) is 25.4 Å². The number of carbonyl (C=O) groups excluding carboxylic acids is 1. The number of hydrogen-bond acceptors (Lipinski definition) is 4. The topological polar surface area (TPSA) is 68.5 Å². The van der Waals surface area contributed by atoms with Gasteiger partial charge in [0.05, 0.1) is 13.2 Å². The highest BCUT2D eigenvalue weighted by Gasteiger charge is 2.28. The van der Waals surface area contributed by atoms with Crippen LogP contribution in [0, 0.1) is 0 Å². The summed E-state index contributed by atoms with van der Waals surface area (Å²) in [6, 6.07) is 4.00. The van der Waals surface area contributed by atoms with Gasteiger partial charge in [0.1, 0.15) is 0 Å². The molecule has 2 N–H and O–H groups in total. The molecule has 5 heteroatoms. The van der Waals surface area contributed by atoms with Gasteiger partial charge in [0, 0.05) is 24.9 Å². The van der Waals surface area contributed by atoms with E-state index in [0.717, 1.165) is 18.4 Å². The Balaban J connectivity index is 2.07. The average Bonchev–Trinajstić information content (AvgIpc) is 2.35. The first-order chi connectivity index (χ1) is 8.31. The Kier molecular flexibility index (Phi) is 3.93. The maximum absolute atomic E-state index is 11.7. The van der Waals surface area contributed by atoms with Gasteiger partial charge >= 0.3 is 6.09 Å². The van der Waals surface area contributed by atoms with E-state index in [1.165, 1.54) is 0 Å². The summed E-state index contributed by atoms with van der Waals surface area (Å²) < 4.78 is 5.07. The monoisotopic (exact) mass is 235 g/mol. The zero-order valence-corrected chi connectivity index (χ0v) is 9.71. The molecule has 17 heavy (non-hydrogen) atoms. The van der Waals surface area contributed by atoms with E-state index in [0.29, 0.717) is 19.7 Å². The minimum absolute atomic E-state index is 0.182. The van der Waals surface area contributed by atoms with Gasteiger partial charge in [-0.3, -0.25) is 4.98 Å². The summed E-state index contributed by atoms with van der Waals surface area (Å²) in [4.78, 5) is 17.5. The van der Waals surface area contributed by atoms with E-state index >= 15 is 0 Å². The SMILES string of the molecule is NCCC1CCOC(=O)N1Cc1cccnc1. The van der Waals surface area contributed by atoms with Gasteiger partial charge in [-0.05, 0) is 24.6 Å². The minimum atomic E-state index is -0.251. The summed E-state index contributed by atoms with van der Waals surface area (Å²) in [5.74, 6) is 0. The second kappa shape index (κ2) is 5.63. The number of ether oxygens (including phenoxy) is 1. The molecule has 1 amide bonds. The van der Waals surface area contributed by atoms with Gasteiger partial charge in [-0.1, -0.05) is 6.07 Å². The second-order valence-electron chi connectivity index (χ2n) is 4.12. The maximum atomic E-state index is 11.7. The predicted molar refractivity (Wildman–Crippen MR) is 63.2 cm³/mol. The van der Waals surface area contributed by atoms with Gasteiger partial charge in [0.25, 0.3) is 0 Å². The van der Waals surface area contributed by atoms with Crippen LogP contribution in [0.15, 0.2) is 24.5 Å². The average molecular weight is 235 g/mol. The molecular weight excluding hydrogens is 218 g/mol. The van der Waals surface area contributed by atoms with Gasteiger partial charge in [-0.2, -0.15) is 0 Å². The van der Waals surface area contributed by atoms with Crippen molar-refractivity contribution in [2.24, 2.45) is 5.73 Å². The third-order valence-electron chi connectivity index (χ3n) is 2.93. The number of pyridine rings is 1.